The van der Waals surface area contributed by atoms with Crippen molar-refractivity contribution in [3.05, 3.63) is 0 Å². The summed E-state index contributed by atoms with van der Waals surface area (Å²) in [6.45, 7) is 5.77. The zero-order valence-corrected chi connectivity index (χ0v) is 11.5. The smallest absolute Gasteiger partial charge is 0.239 e. The van der Waals surface area contributed by atoms with Crippen LogP contribution in [0.3, 0.4) is 0 Å². The fourth-order valence-corrected chi connectivity index (χ4v) is 2.37. The van der Waals surface area contributed by atoms with Crippen LogP contribution in [0.1, 0.15) is 33.1 Å². The first-order valence-corrected chi connectivity index (χ1v) is 6.59. The molecule has 0 saturated carbocycles. The van der Waals surface area contributed by atoms with Gasteiger partial charge in [-0.3, -0.25) is 4.79 Å². The molecular weight excluding hydrogens is 216 g/mol. The molecule has 1 N–H and O–H groups in total. The third-order valence-electron chi connectivity index (χ3n) is 3.80. The van der Waals surface area contributed by atoms with E-state index in [1.54, 1.807) is 12.0 Å². The van der Waals surface area contributed by atoms with Gasteiger partial charge in [0.25, 0.3) is 0 Å². The Hall–Kier alpha value is -0.610. The van der Waals surface area contributed by atoms with E-state index in [4.69, 9.17) is 4.74 Å². The molecule has 1 rings (SSSR count). The van der Waals surface area contributed by atoms with Crippen molar-refractivity contribution in [3.63, 3.8) is 0 Å². The largest absolute Gasteiger partial charge is 0.383 e. The molecule has 0 radical (unpaired) electrons. The Balaban J connectivity index is 2.50. The number of amides is 1. The van der Waals surface area contributed by atoms with Crippen molar-refractivity contribution in [1.82, 2.24) is 10.2 Å². The molecule has 1 saturated heterocycles. The van der Waals surface area contributed by atoms with Crippen molar-refractivity contribution < 1.29 is 9.53 Å². The normalized spacial score (nSPS) is 26.6. The highest BCUT2D eigenvalue weighted by atomic mass is 16.5. The zero-order valence-electron chi connectivity index (χ0n) is 11.5. The average molecular weight is 242 g/mol. The number of carbonyl (C=O) groups is 1. The van der Waals surface area contributed by atoms with E-state index in [2.05, 4.69) is 12.2 Å². The number of piperidine rings is 1. The molecule has 100 valence electrons. The maximum atomic E-state index is 12.3. The average Bonchev–Trinajstić information content (AvgIpc) is 2.37. The Kier molecular flexibility index (Phi) is 5.92. The standard InChI is InChI=1S/C13H26N2O2/c1-5-11-6-7-14-12(8-11)13(16)15(3)10(2)9-17-4/h10-12,14H,5-9H2,1-4H3. The number of methoxy groups -OCH3 is 1. The SMILES string of the molecule is CCC1CCNC(C(=O)N(C)C(C)COC)C1. The molecule has 0 aromatic carbocycles. The number of carbonyl (C=O) groups excluding carboxylic acids is 1. The van der Waals surface area contributed by atoms with Gasteiger partial charge in [-0.2, -0.15) is 0 Å². The van der Waals surface area contributed by atoms with Crippen molar-refractivity contribution in [1.29, 1.82) is 0 Å². The molecule has 0 aromatic rings. The van der Waals surface area contributed by atoms with Crippen molar-refractivity contribution >= 4 is 5.91 Å². The van der Waals surface area contributed by atoms with Crippen LogP contribution in [0.25, 0.3) is 0 Å². The second-order valence-electron chi connectivity index (χ2n) is 5.06. The van der Waals surface area contributed by atoms with Gasteiger partial charge in [-0.05, 0) is 32.2 Å². The summed E-state index contributed by atoms with van der Waals surface area (Å²) in [7, 11) is 3.53. The number of hydrogen-bond acceptors (Lipinski definition) is 3. The fourth-order valence-electron chi connectivity index (χ4n) is 2.37. The van der Waals surface area contributed by atoms with Crippen LogP contribution in [0.5, 0.6) is 0 Å². The Morgan fingerprint density at radius 2 is 2.29 bits per heavy atom. The van der Waals surface area contributed by atoms with Gasteiger partial charge in [0, 0.05) is 14.2 Å². The van der Waals surface area contributed by atoms with E-state index in [-0.39, 0.29) is 18.0 Å². The number of hydrogen-bond donors (Lipinski definition) is 1. The molecule has 1 aliphatic heterocycles. The van der Waals surface area contributed by atoms with Crippen LogP contribution in [0, 0.1) is 5.92 Å². The van der Waals surface area contributed by atoms with Gasteiger partial charge in [0.1, 0.15) is 0 Å². The Bertz CT molecular complexity index is 246. The number of nitrogens with one attached hydrogen (secondary N) is 1. The molecular formula is C13H26N2O2. The fraction of sp³-hybridized carbons (Fsp3) is 0.923. The summed E-state index contributed by atoms with van der Waals surface area (Å²) in [6.07, 6.45) is 3.33. The minimum absolute atomic E-state index is 0.00185. The van der Waals surface area contributed by atoms with Crippen molar-refractivity contribution in [3.8, 4) is 0 Å². The molecule has 0 aliphatic carbocycles. The summed E-state index contributed by atoms with van der Waals surface area (Å²) in [6, 6.07) is 0.134. The quantitative estimate of drug-likeness (QED) is 0.789. The number of likely N-dealkylation sites (N-methyl/N-ethyl adjacent to an activating group) is 1. The van der Waals surface area contributed by atoms with Gasteiger partial charge in [0.05, 0.1) is 18.7 Å². The van der Waals surface area contributed by atoms with Gasteiger partial charge < -0.3 is 15.0 Å². The van der Waals surface area contributed by atoms with Gasteiger partial charge in [-0.15, -0.1) is 0 Å². The van der Waals surface area contributed by atoms with Crippen LogP contribution < -0.4 is 5.32 Å². The topological polar surface area (TPSA) is 41.6 Å². The second-order valence-corrected chi connectivity index (χ2v) is 5.06. The molecule has 1 aliphatic rings. The molecule has 3 unspecified atom stereocenters. The summed E-state index contributed by atoms with van der Waals surface area (Å²) in [5.41, 5.74) is 0. The molecule has 0 aromatic heterocycles. The molecule has 0 bridgehead atoms. The van der Waals surface area contributed by atoms with Gasteiger partial charge in [-0.1, -0.05) is 13.3 Å². The number of nitrogens with zero attached hydrogens (tertiary/aromatic N) is 1. The van der Waals surface area contributed by atoms with E-state index < -0.39 is 0 Å². The minimum Gasteiger partial charge on any atom is -0.383 e. The van der Waals surface area contributed by atoms with Gasteiger partial charge in [0.2, 0.25) is 5.91 Å². The van der Waals surface area contributed by atoms with Crippen molar-refractivity contribution in [2.24, 2.45) is 5.92 Å². The lowest BCUT2D eigenvalue weighted by Crippen LogP contribution is -2.52. The lowest BCUT2D eigenvalue weighted by atomic mass is 9.90. The van der Waals surface area contributed by atoms with Gasteiger partial charge in [0.15, 0.2) is 0 Å². The lowest BCUT2D eigenvalue weighted by Gasteiger charge is -2.33. The van der Waals surface area contributed by atoms with Gasteiger partial charge in [-0.25, -0.2) is 0 Å². The summed E-state index contributed by atoms with van der Waals surface area (Å²) >= 11 is 0. The molecule has 4 nitrogen and oxygen atoms in total. The Morgan fingerprint density at radius 1 is 1.59 bits per heavy atom. The van der Waals surface area contributed by atoms with Gasteiger partial charge >= 0.3 is 0 Å². The highest BCUT2D eigenvalue weighted by Gasteiger charge is 2.29. The van der Waals surface area contributed by atoms with E-state index >= 15 is 0 Å². The first-order valence-electron chi connectivity index (χ1n) is 6.59. The first kappa shape index (κ1) is 14.5. The van der Waals surface area contributed by atoms with Crippen LogP contribution >= 0.6 is 0 Å². The predicted octanol–water partition coefficient (Wildman–Crippen LogP) is 1.26. The maximum absolute atomic E-state index is 12.3. The van der Waals surface area contributed by atoms with Crippen LogP contribution in [0.4, 0.5) is 0 Å². The maximum Gasteiger partial charge on any atom is 0.239 e. The highest BCUT2D eigenvalue weighted by Crippen LogP contribution is 2.20. The summed E-state index contributed by atoms with van der Waals surface area (Å²) in [5.74, 6) is 0.893. The molecule has 0 spiro atoms. The molecule has 17 heavy (non-hydrogen) atoms. The summed E-state index contributed by atoms with van der Waals surface area (Å²) < 4.78 is 5.09. The van der Waals surface area contributed by atoms with Crippen LogP contribution in [0.2, 0.25) is 0 Å². The minimum atomic E-state index is -0.00185. The summed E-state index contributed by atoms with van der Waals surface area (Å²) in [5, 5.41) is 3.33. The third-order valence-corrected chi connectivity index (χ3v) is 3.80. The van der Waals surface area contributed by atoms with Crippen molar-refractivity contribution in [2.45, 2.75) is 45.2 Å². The molecule has 4 heteroatoms. The van der Waals surface area contributed by atoms with Crippen molar-refractivity contribution in [2.75, 3.05) is 27.3 Å². The number of ether oxygens (including phenoxy) is 1. The lowest BCUT2D eigenvalue weighted by molar-refractivity contribution is -0.135. The molecule has 1 fully saturated rings. The predicted molar refractivity (Wildman–Crippen MR) is 68.9 cm³/mol. The van der Waals surface area contributed by atoms with E-state index in [9.17, 15) is 4.79 Å². The van der Waals surface area contributed by atoms with E-state index in [0.29, 0.717) is 12.5 Å². The van der Waals surface area contributed by atoms with Crippen LogP contribution in [-0.4, -0.2) is 50.2 Å². The number of rotatable bonds is 5. The monoisotopic (exact) mass is 242 g/mol. The van der Waals surface area contributed by atoms with Crippen LogP contribution in [-0.2, 0) is 9.53 Å². The molecule has 1 heterocycles. The summed E-state index contributed by atoms with van der Waals surface area (Å²) in [4.78, 5) is 14.1. The van der Waals surface area contributed by atoms with E-state index in [0.717, 1.165) is 13.0 Å². The first-order chi connectivity index (χ1) is 8.10. The molecule has 3 atom stereocenters. The molecule has 1 amide bonds. The Labute approximate surface area is 105 Å². The second kappa shape index (κ2) is 6.97. The van der Waals surface area contributed by atoms with Crippen LogP contribution in [0.15, 0.2) is 0 Å². The Morgan fingerprint density at radius 3 is 2.88 bits per heavy atom. The van der Waals surface area contributed by atoms with E-state index in [1.165, 1.54) is 12.8 Å². The van der Waals surface area contributed by atoms with E-state index in [1.807, 2.05) is 14.0 Å². The zero-order chi connectivity index (χ0) is 12.8. The third kappa shape index (κ3) is 3.96. The highest BCUT2D eigenvalue weighted by molar-refractivity contribution is 5.82.